The molecular formula is C21H29Cl2N5O4S. The van der Waals surface area contributed by atoms with Crippen LogP contribution in [0.1, 0.15) is 54.4 Å². The summed E-state index contributed by atoms with van der Waals surface area (Å²) in [7, 11) is -3.53. The molecular weight excluding hydrogens is 489 g/mol. The van der Waals surface area contributed by atoms with Gasteiger partial charge in [-0.1, -0.05) is 11.6 Å². The van der Waals surface area contributed by atoms with Crippen molar-refractivity contribution in [3.63, 3.8) is 0 Å². The van der Waals surface area contributed by atoms with Crippen molar-refractivity contribution >= 4 is 51.7 Å². The molecule has 0 saturated carbocycles. The molecule has 0 aliphatic carbocycles. The van der Waals surface area contributed by atoms with Crippen LogP contribution in [-0.2, 0) is 21.4 Å². The van der Waals surface area contributed by atoms with E-state index in [1.165, 1.54) is 0 Å². The van der Waals surface area contributed by atoms with Gasteiger partial charge in [-0.15, -0.1) is 12.4 Å². The molecule has 182 valence electrons. The lowest BCUT2D eigenvalue weighted by Gasteiger charge is -2.41. The molecule has 1 aromatic carbocycles. The Morgan fingerprint density at radius 2 is 1.76 bits per heavy atom. The summed E-state index contributed by atoms with van der Waals surface area (Å²) in [6.45, 7) is 0.932. The van der Waals surface area contributed by atoms with E-state index < -0.39 is 10.2 Å². The molecule has 9 nitrogen and oxygen atoms in total. The number of nitrogens with one attached hydrogen (secondary N) is 2. The number of benzene rings is 1. The quantitative estimate of drug-likeness (QED) is 0.559. The van der Waals surface area contributed by atoms with Gasteiger partial charge in [-0.25, -0.2) is 0 Å². The smallest absolute Gasteiger partial charge is 0.282 e. The Morgan fingerprint density at radius 3 is 2.39 bits per heavy atom. The Bertz CT molecular complexity index is 1050. The Morgan fingerprint density at radius 1 is 1.12 bits per heavy atom. The van der Waals surface area contributed by atoms with Gasteiger partial charge in [0.05, 0.1) is 17.0 Å². The maximum absolute atomic E-state index is 13.3. The number of piperidine rings is 2. The third kappa shape index (κ3) is 4.61. The SMILES string of the molecule is Cl.NC1CCN(S(=O)(=O)N2[C@@H]3CC[C@H]2CC(NC(=O)c2cc4c(cc2Cl)NC(=O)C4)C3)CC1. The largest absolute Gasteiger partial charge is 0.349 e. The molecule has 0 radical (unpaired) electrons. The van der Waals surface area contributed by atoms with E-state index >= 15 is 0 Å². The van der Waals surface area contributed by atoms with Gasteiger partial charge < -0.3 is 16.4 Å². The van der Waals surface area contributed by atoms with Crippen molar-refractivity contribution in [2.45, 2.75) is 69.1 Å². The summed E-state index contributed by atoms with van der Waals surface area (Å²) in [5.41, 5.74) is 7.68. The van der Waals surface area contributed by atoms with Gasteiger partial charge in [0, 0.05) is 42.9 Å². The van der Waals surface area contributed by atoms with Crippen molar-refractivity contribution in [1.82, 2.24) is 13.9 Å². The molecule has 4 N–H and O–H groups in total. The fourth-order valence-corrected chi connectivity index (χ4v) is 7.88. The van der Waals surface area contributed by atoms with Gasteiger partial charge in [0.15, 0.2) is 0 Å². The molecule has 5 rings (SSSR count). The van der Waals surface area contributed by atoms with Crippen molar-refractivity contribution in [3.05, 3.63) is 28.3 Å². The van der Waals surface area contributed by atoms with Gasteiger partial charge in [-0.3, -0.25) is 9.59 Å². The molecule has 2 amide bonds. The van der Waals surface area contributed by atoms with E-state index in [1.54, 1.807) is 20.7 Å². The van der Waals surface area contributed by atoms with Gasteiger partial charge in [-0.2, -0.15) is 17.0 Å². The molecule has 12 heteroatoms. The van der Waals surface area contributed by atoms with Crippen molar-refractivity contribution in [3.8, 4) is 0 Å². The third-order valence-electron chi connectivity index (χ3n) is 7.16. The van der Waals surface area contributed by atoms with Crippen LogP contribution in [-0.4, -0.2) is 66.1 Å². The summed E-state index contributed by atoms with van der Waals surface area (Å²) in [5.74, 6) is -0.405. The minimum absolute atomic E-state index is 0. The fourth-order valence-electron chi connectivity index (χ4n) is 5.55. The summed E-state index contributed by atoms with van der Waals surface area (Å²) in [6.07, 6.45) is 4.37. The lowest BCUT2D eigenvalue weighted by atomic mass is 9.99. The average molecular weight is 518 g/mol. The molecule has 3 atom stereocenters. The molecule has 0 aromatic heterocycles. The standard InChI is InChI=1S/C21H28ClN5O4S.ClH/c22-18-11-19-12(8-20(28)25-19)7-17(18)21(29)24-14-9-15-1-2-16(10-14)27(15)32(30,31)26-5-3-13(23)4-6-26;/h7,11,13-16H,1-6,8-10,23H2,(H,24,29)(H,25,28);1H/t14?,15-,16+;. The minimum Gasteiger partial charge on any atom is -0.349 e. The Hall–Kier alpha value is -1.43. The van der Waals surface area contributed by atoms with E-state index in [4.69, 9.17) is 17.3 Å². The molecule has 4 aliphatic heterocycles. The van der Waals surface area contributed by atoms with Crippen LogP contribution in [0, 0.1) is 0 Å². The first-order chi connectivity index (χ1) is 15.2. The highest BCUT2D eigenvalue weighted by molar-refractivity contribution is 7.86. The Kier molecular flexibility index (Phi) is 6.97. The summed E-state index contributed by atoms with van der Waals surface area (Å²) in [5, 5.41) is 6.07. The van der Waals surface area contributed by atoms with Crippen molar-refractivity contribution in [2.75, 3.05) is 18.4 Å². The van der Waals surface area contributed by atoms with Crippen molar-refractivity contribution in [1.29, 1.82) is 0 Å². The number of halogens is 2. The van der Waals surface area contributed by atoms with E-state index in [9.17, 15) is 18.0 Å². The van der Waals surface area contributed by atoms with Crippen LogP contribution in [0.2, 0.25) is 5.02 Å². The molecule has 1 unspecified atom stereocenters. The second-order valence-corrected chi connectivity index (χ2v) is 11.6. The Balaban J connectivity index is 0.00000259. The van der Waals surface area contributed by atoms with E-state index in [0.717, 1.165) is 18.4 Å². The molecule has 2 bridgehead atoms. The molecule has 3 fully saturated rings. The maximum Gasteiger partial charge on any atom is 0.282 e. The first kappa shape index (κ1) is 24.7. The van der Waals surface area contributed by atoms with Crippen LogP contribution in [0.25, 0.3) is 0 Å². The van der Waals surface area contributed by atoms with E-state index in [2.05, 4.69) is 10.6 Å². The minimum atomic E-state index is -3.53. The average Bonchev–Trinajstić information content (AvgIpc) is 3.23. The fraction of sp³-hybridized carbons (Fsp3) is 0.619. The van der Waals surface area contributed by atoms with Crippen molar-refractivity contribution < 1.29 is 18.0 Å². The summed E-state index contributed by atoms with van der Waals surface area (Å²) in [4.78, 5) is 24.6. The summed E-state index contributed by atoms with van der Waals surface area (Å²) in [6, 6.07) is 3.00. The number of nitrogens with two attached hydrogens (primary N) is 1. The predicted molar refractivity (Wildman–Crippen MR) is 128 cm³/mol. The number of amides is 2. The number of carbonyl (C=O) groups excluding carboxylic acids is 2. The van der Waals surface area contributed by atoms with E-state index in [1.807, 2.05) is 0 Å². The summed E-state index contributed by atoms with van der Waals surface area (Å²) < 4.78 is 29.9. The Labute approximate surface area is 205 Å². The number of anilines is 1. The molecule has 4 heterocycles. The number of fused-ring (bicyclic) bond motifs is 3. The van der Waals surface area contributed by atoms with Gasteiger partial charge in [0.2, 0.25) is 5.91 Å². The highest BCUT2D eigenvalue weighted by Crippen LogP contribution is 2.39. The van der Waals surface area contributed by atoms with Crippen LogP contribution >= 0.6 is 24.0 Å². The van der Waals surface area contributed by atoms with E-state index in [-0.39, 0.29) is 59.8 Å². The van der Waals surface area contributed by atoms with Crippen LogP contribution in [0.15, 0.2) is 12.1 Å². The lowest BCUT2D eigenvalue weighted by molar-refractivity contribution is -0.115. The van der Waals surface area contributed by atoms with Gasteiger partial charge in [0.25, 0.3) is 16.1 Å². The predicted octanol–water partition coefficient (Wildman–Crippen LogP) is 1.65. The van der Waals surface area contributed by atoms with Crippen LogP contribution in [0.5, 0.6) is 0 Å². The zero-order valence-corrected chi connectivity index (χ0v) is 20.5. The molecule has 33 heavy (non-hydrogen) atoms. The molecule has 3 saturated heterocycles. The van der Waals surface area contributed by atoms with Gasteiger partial charge >= 0.3 is 0 Å². The number of rotatable bonds is 4. The zero-order chi connectivity index (χ0) is 22.6. The first-order valence-electron chi connectivity index (χ1n) is 11.2. The van der Waals surface area contributed by atoms with Crippen molar-refractivity contribution in [2.24, 2.45) is 5.73 Å². The highest BCUT2D eigenvalue weighted by Gasteiger charge is 2.49. The molecule has 0 spiro atoms. The summed E-state index contributed by atoms with van der Waals surface area (Å²) >= 11 is 6.30. The van der Waals surface area contributed by atoms with Crippen LogP contribution < -0.4 is 16.4 Å². The van der Waals surface area contributed by atoms with Crippen LogP contribution in [0.3, 0.4) is 0 Å². The molecule has 1 aromatic rings. The normalized spacial score (nSPS) is 28.2. The zero-order valence-electron chi connectivity index (χ0n) is 18.1. The number of carbonyl (C=O) groups is 2. The van der Waals surface area contributed by atoms with E-state index in [0.29, 0.717) is 50.0 Å². The maximum atomic E-state index is 13.3. The van der Waals surface area contributed by atoms with Gasteiger partial charge in [0.1, 0.15) is 0 Å². The second kappa shape index (κ2) is 9.31. The number of hydrogen-bond acceptors (Lipinski definition) is 5. The highest BCUT2D eigenvalue weighted by atomic mass is 35.5. The molecule has 4 aliphatic rings. The van der Waals surface area contributed by atoms with Crippen LogP contribution in [0.4, 0.5) is 5.69 Å². The first-order valence-corrected chi connectivity index (χ1v) is 13.0. The van der Waals surface area contributed by atoms with Gasteiger partial charge in [-0.05, 0) is 56.2 Å². The second-order valence-electron chi connectivity index (χ2n) is 9.32. The number of hydrogen-bond donors (Lipinski definition) is 3. The third-order valence-corrected chi connectivity index (χ3v) is 9.61. The topological polar surface area (TPSA) is 125 Å². The monoisotopic (exact) mass is 517 g/mol. The number of nitrogens with zero attached hydrogens (tertiary/aromatic N) is 2. The lowest BCUT2D eigenvalue weighted by Crippen LogP contribution is -2.57.